The molecule has 3 fully saturated rings. The molecule has 0 amide bonds. The molecule has 92 valence electrons. The van der Waals surface area contributed by atoms with Crippen LogP contribution in [0.25, 0.3) is 0 Å². The van der Waals surface area contributed by atoms with Gasteiger partial charge < -0.3 is 0 Å². The Balaban J connectivity index is 1.76. The predicted octanol–water partition coefficient (Wildman–Crippen LogP) is 3.59. The molecule has 0 aromatic rings. The van der Waals surface area contributed by atoms with Crippen molar-refractivity contribution in [1.29, 1.82) is 0 Å². The first-order valence-electron chi connectivity index (χ1n) is 6.87. The van der Waals surface area contributed by atoms with E-state index in [1.54, 1.807) is 0 Å². The third kappa shape index (κ3) is 2.04. The molecule has 2 atom stereocenters. The quantitative estimate of drug-likeness (QED) is 0.744. The Kier molecular flexibility index (Phi) is 3.47. The zero-order valence-electron chi connectivity index (χ0n) is 10.3. The molecule has 3 aliphatic rings. The van der Waals surface area contributed by atoms with Crippen molar-refractivity contribution in [3.63, 3.8) is 0 Å². The van der Waals surface area contributed by atoms with Crippen molar-refractivity contribution in [2.75, 3.05) is 18.1 Å². The van der Waals surface area contributed by atoms with Crippen molar-refractivity contribution < 1.29 is 0 Å². The van der Waals surface area contributed by atoms with Crippen LogP contribution in [0.3, 0.4) is 0 Å². The van der Waals surface area contributed by atoms with Crippen LogP contribution in [0.5, 0.6) is 0 Å². The van der Waals surface area contributed by atoms with Crippen LogP contribution in [0.4, 0.5) is 0 Å². The first-order chi connectivity index (χ1) is 7.83. The van der Waals surface area contributed by atoms with Crippen molar-refractivity contribution >= 4 is 23.5 Å². The SMILES string of the molecule is CCC[C@@H]1CC2(C[C@@H]3CCCN13)SCCS2. The zero-order valence-corrected chi connectivity index (χ0v) is 11.9. The average molecular weight is 257 g/mol. The lowest BCUT2D eigenvalue weighted by molar-refractivity contribution is 0.113. The summed E-state index contributed by atoms with van der Waals surface area (Å²) in [5, 5.41) is 0. The number of thioether (sulfide) groups is 2. The molecule has 0 N–H and O–H groups in total. The molecule has 0 aliphatic carbocycles. The summed E-state index contributed by atoms with van der Waals surface area (Å²) in [6.07, 6.45) is 8.66. The van der Waals surface area contributed by atoms with Gasteiger partial charge in [-0.1, -0.05) is 13.3 Å². The van der Waals surface area contributed by atoms with Crippen LogP contribution >= 0.6 is 23.5 Å². The molecule has 3 heteroatoms. The van der Waals surface area contributed by atoms with Gasteiger partial charge in [-0.25, -0.2) is 0 Å². The summed E-state index contributed by atoms with van der Waals surface area (Å²) in [6, 6.07) is 1.84. The molecule has 0 radical (unpaired) electrons. The van der Waals surface area contributed by atoms with Crippen molar-refractivity contribution in [2.24, 2.45) is 0 Å². The summed E-state index contributed by atoms with van der Waals surface area (Å²) in [5.41, 5.74) is 0. The second kappa shape index (κ2) is 4.74. The van der Waals surface area contributed by atoms with Gasteiger partial charge in [0.15, 0.2) is 0 Å². The highest BCUT2D eigenvalue weighted by Crippen LogP contribution is 2.55. The Morgan fingerprint density at radius 3 is 2.81 bits per heavy atom. The van der Waals surface area contributed by atoms with E-state index >= 15 is 0 Å². The normalized spacial score (nSPS) is 38.1. The van der Waals surface area contributed by atoms with Crippen LogP contribution in [-0.4, -0.2) is 39.1 Å². The number of fused-ring (bicyclic) bond motifs is 1. The lowest BCUT2D eigenvalue weighted by Crippen LogP contribution is -2.50. The standard InChI is InChI=1S/C13H23NS2/c1-2-4-11-9-13(15-7-8-16-13)10-12-5-3-6-14(11)12/h11-12H,2-10H2,1H3/t11-,12+/m1/s1. The van der Waals surface area contributed by atoms with Crippen LogP contribution in [0, 0.1) is 0 Å². The summed E-state index contributed by atoms with van der Waals surface area (Å²) in [7, 11) is 0. The Bertz CT molecular complexity index is 250. The van der Waals surface area contributed by atoms with E-state index in [2.05, 4.69) is 35.3 Å². The largest absolute Gasteiger partial charge is 0.297 e. The summed E-state index contributed by atoms with van der Waals surface area (Å²) < 4.78 is 0.630. The van der Waals surface area contributed by atoms with Crippen molar-refractivity contribution in [1.82, 2.24) is 4.90 Å². The van der Waals surface area contributed by atoms with Crippen LogP contribution in [0.15, 0.2) is 0 Å². The minimum absolute atomic E-state index is 0.630. The molecule has 3 saturated heterocycles. The third-order valence-electron chi connectivity index (χ3n) is 4.42. The van der Waals surface area contributed by atoms with Crippen molar-refractivity contribution in [3.8, 4) is 0 Å². The van der Waals surface area contributed by atoms with Crippen molar-refractivity contribution in [3.05, 3.63) is 0 Å². The maximum absolute atomic E-state index is 2.86. The fraction of sp³-hybridized carbons (Fsp3) is 1.00. The van der Waals surface area contributed by atoms with Crippen molar-refractivity contribution in [2.45, 2.75) is 61.6 Å². The average Bonchev–Trinajstić information content (AvgIpc) is 2.88. The Labute approximate surface area is 108 Å². The summed E-state index contributed by atoms with van der Waals surface area (Å²) in [4.78, 5) is 2.86. The molecule has 16 heavy (non-hydrogen) atoms. The zero-order chi connectivity index (χ0) is 11.0. The molecule has 3 rings (SSSR count). The van der Waals surface area contributed by atoms with E-state index in [9.17, 15) is 0 Å². The number of hydrogen-bond acceptors (Lipinski definition) is 3. The molecule has 0 unspecified atom stereocenters. The van der Waals surface area contributed by atoms with E-state index in [1.165, 1.54) is 56.6 Å². The van der Waals surface area contributed by atoms with E-state index in [0.29, 0.717) is 4.08 Å². The second-order valence-electron chi connectivity index (χ2n) is 5.49. The number of hydrogen-bond donors (Lipinski definition) is 0. The molecular formula is C13H23NS2. The Hall–Kier alpha value is 0.660. The number of nitrogens with zero attached hydrogens (tertiary/aromatic N) is 1. The molecule has 3 aliphatic heterocycles. The van der Waals surface area contributed by atoms with Crippen LogP contribution < -0.4 is 0 Å². The molecule has 0 saturated carbocycles. The van der Waals surface area contributed by atoms with E-state index in [1.807, 2.05) is 0 Å². The van der Waals surface area contributed by atoms with Gasteiger partial charge in [-0.05, 0) is 38.6 Å². The van der Waals surface area contributed by atoms with Gasteiger partial charge in [0.05, 0.1) is 4.08 Å². The molecular weight excluding hydrogens is 234 g/mol. The summed E-state index contributed by atoms with van der Waals surface area (Å²) in [6.45, 7) is 3.74. The molecule has 0 aromatic carbocycles. The third-order valence-corrected chi connectivity index (χ3v) is 7.92. The second-order valence-corrected chi connectivity index (χ2v) is 8.71. The fourth-order valence-electron chi connectivity index (χ4n) is 3.81. The maximum Gasteiger partial charge on any atom is 0.0641 e. The first kappa shape index (κ1) is 11.7. The maximum atomic E-state index is 2.86. The van der Waals surface area contributed by atoms with E-state index in [4.69, 9.17) is 0 Å². The Morgan fingerprint density at radius 1 is 1.25 bits per heavy atom. The highest BCUT2D eigenvalue weighted by atomic mass is 32.2. The van der Waals surface area contributed by atoms with E-state index in [0.717, 1.165) is 12.1 Å². The number of rotatable bonds is 2. The van der Waals surface area contributed by atoms with Crippen LogP contribution in [-0.2, 0) is 0 Å². The topological polar surface area (TPSA) is 3.24 Å². The minimum atomic E-state index is 0.630. The smallest absolute Gasteiger partial charge is 0.0641 e. The lowest BCUT2D eigenvalue weighted by atomic mass is 9.93. The van der Waals surface area contributed by atoms with E-state index < -0.39 is 0 Å². The highest BCUT2D eigenvalue weighted by Gasteiger charge is 2.48. The monoisotopic (exact) mass is 257 g/mol. The lowest BCUT2D eigenvalue weighted by Gasteiger charge is -2.46. The van der Waals surface area contributed by atoms with Gasteiger partial charge in [0, 0.05) is 23.6 Å². The molecule has 0 aromatic heterocycles. The predicted molar refractivity (Wildman–Crippen MR) is 75.3 cm³/mol. The highest BCUT2D eigenvalue weighted by molar-refractivity contribution is 8.21. The van der Waals surface area contributed by atoms with Crippen LogP contribution in [0.1, 0.15) is 45.4 Å². The van der Waals surface area contributed by atoms with Gasteiger partial charge in [0.2, 0.25) is 0 Å². The Morgan fingerprint density at radius 2 is 2.06 bits per heavy atom. The fourth-order valence-corrected chi connectivity index (χ4v) is 7.30. The van der Waals surface area contributed by atoms with E-state index in [-0.39, 0.29) is 0 Å². The minimum Gasteiger partial charge on any atom is -0.297 e. The van der Waals surface area contributed by atoms with Gasteiger partial charge >= 0.3 is 0 Å². The summed E-state index contributed by atoms with van der Waals surface area (Å²) >= 11 is 4.56. The number of piperidine rings is 1. The molecule has 1 spiro atoms. The van der Waals surface area contributed by atoms with Gasteiger partial charge in [0.25, 0.3) is 0 Å². The van der Waals surface area contributed by atoms with Crippen LogP contribution in [0.2, 0.25) is 0 Å². The summed E-state index contributed by atoms with van der Waals surface area (Å²) in [5.74, 6) is 2.80. The van der Waals surface area contributed by atoms with Gasteiger partial charge in [-0.2, -0.15) is 0 Å². The van der Waals surface area contributed by atoms with Gasteiger partial charge in [-0.15, -0.1) is 23.5 Å². The first-order valence-corrected chi connectivity index (χ1v) is 8.84. The van der Waals surface area contributed by atoms with Gasteiger partial charge in [0.1, 0.15) is 0 Å². The molecule has 0 bridgehead atoms. The van der Waals surface area contributed by atoms with Gasteiger partial charge in [-0.3, -0.25) is 4.90 Å². The molecule has 3 heterocycles. The molecule has 1 nitrogen and oxygen atoms in total.